The molecule has 1 N–H and O–H groups in total. The summed E-state index contributed by atoms with van der Waals surface area (Å²) >= 11 is 0. The lowest BCUT2D eigenvalue weighted by Crippen LogP contribution is -2.43. The number of carbonyl (C=O) groups excluding carboxylic acids is 1. The summed E-state index contributed by atoms with van der Waals surface area (Å²) in [6.07, 6.45) is 1.80. The third-order valence-electron chi connectivity index (χ3n) is 3.73. The quantitative estimate of drug-likeness (QED) is 0.903. The zero-order valence-electron chi connectivity index (χ0n) is 11.1. The second kappa shape index (κ2) is 5.87. The van der Waals surface area contributed by atoms with E-state index in [4.69, 9.17) is 5.11 Å². The highest BCUT2D eigenvalue weighted by Crippen LogP contribution is 2.18. The third kappa shape index (κ3) is 3.34. The molecule has 0 bridgehead atoms. The number of nitrogens with zero attached hydrogens (tertiary/aromatic N) is 1. The van der Waals surface area contributed by atoms with Crippen LogP contribution < -0.4 is 0 Å². The zero-order chi connectivity index (χ0) is 13.8. The van der Waals surface area contributed by atoms with Gasteiger partial charge in [-0.2, -0.15) is 0 Å². The summed E-state index contributed by atoms with van der Waals surface area (Å²) < 4.78 is 0. The molecule has 0 spiro atoms. The minimum absolute atomic E-state index is 0.0280. The van der Waals surface area contributed by atoms with Gasteiger partial charge in [0.1, 0.15) is 0 Å². The van der Waals surface area contributed by atoms with Crippen molar-refractivity contribution in [3.8, 4) is 0 Å². The monoisotopic (exact) mass is 261 g/mol. The summed E-state index contributed by atoms with van der Waals surface area (Å²) in [7, 11) is 0. The van der Waals surface area contributed by atoms with Crippen molar-refractivity contribution in [2.24, 2.45) is 5.92 Å². The predicted octanol–water partition coefficient (Wildman–Crippen LogP) is 1.86. The maximum absolute atomic E-state index is 12.2. The maximum Gasteiger partial charge on any atom is 0.308 e. The smallest absolute Gasteiger partial charge is 0.308 e. The lowest BCUT2D eigenvalue weighted by atomic mass is 9.97. The number of aryl methyl sites for hydroxylation is 1. The van der Waals surface area contributed by atoms with Crippen LogP contribution in [0.1, 0.15) is 24.0 Å². The summed E-state index contributed by atoms with van der Waals surface area (Å²) in [6, 6.07) is 7.81. The van der Waals surface area contributed by atoms with Gasteiger partial charge in [-0.25, -0.2) is 0 Å². The molecule has 0 saturated carbocycles. The normalized spacial score (nSPS) is 19.2. The van der Waals surface area contributed by atoms with E-state index < -0.39 is 11.9 Å². The molecule has 4 heteroatoms. The molecule has 1 aliphatic rings. The van der Waals surface area contributed by atoms with Crippen molar-refractivity contribution in [3.63, 3.8) is 0 Å². The molecule has 1 aliphatic heterocycles. The van der Waals surface area contributed by atoms with Crippen molar-refractivity contribution in [1.29, 1.82) is 0 Å². The number of hydrogen-bond donors (Lipinski definition) is 1. The van der Waals surface area contributed by atoms with Crippen LogP contribution in [0.2, 0.25) is 0 Å². The molecule has 1 atom stereocenters. The zero-order valence-corrected chi connectivity index (χ0v) is 11.1. The Morgan fingerprint density at radius 1 is 1.37 bits per heavy atom. The fourth-order valence-corrected chi connectivity index (χ4v) is 2.49. The molecule has 4 nitrogen and oxygen atoms in total. The molecule has 1 heterocycles. The maximum atomic E-state index is 12.2. The molecule has 1 aromatic carbocycles. The van der Waals surface area contributed by atoms with Crippen LogP contribution in [0.4, 0.5) is 0 Å². The Hall–Kier alpha value is -1.84. The highest BCUT2D eigenvalue weighted by molar-refractivity contribution is 5.80. The predicted molar refractivity (Wildman–Crippen MR) is 71.8 cm³/mol. The Labute approximate surface area is 113 Å². The molecule has 1 aromatic rings. The largest absolute Gasteiger partial charge is 0.481 e. The average Bonchev–Trinajstić information content (AvgIpc) is 2.41. The van der Waals surface area contributed by atoms with E-state index in [-0.39, 0.29) is 5.91 Å². The fraction of sp³-hybridized carbons (Fsp3) is 0.467. The number of carboxylic acids is 1. The van der Waals surface area contributed by atoms with Gasteiger partial charge in [0.2, 0.25) is 5.91 Å². The number of carbonyl (C=O) groups is 2. The third-order valence-corrected chi connectivity index (χ3v) is 3.73. The first-order chi connectivity index (χ1) is 9.08. The second-order valence-electron chi connectivity index (χ2n) is 5.12. The van der Waals surface area contributed by atoms with E-state index in [1.807, 2.05) is 31.2 Å². The molecule has 1 amide bonds. The Balaban J connectivity index is 2.00. The Morgan fingerprint density at radius 2 is 2.11 bits per heavy atom. The summed E-state index contributed by atoms with van der Waals surface area (Å²) in [4.78, 5) is 24.9. The second-order valence-corrected chi connectivity index (χ2v) is 5.12. The standard InChI is InChI=1S/C15H19NO3/c1-11-5-2-3-6-12(11)9-14(17)16-8-4-7-13(10-16)15(18)19/h2-3,5-6,13H,4,7-10H2,1H3,(H,18,19)/t13-/m0/s1. The topological polar surface area (TPSA) is 57.6 Å². The number of aliphatic carboxylic acids is 1. The van der Waals surface area contributed by atoms with Crippen LogP contribution in [-0.2, 0) is 16.0 Å². The molecule has 2 rings (SSSR count). The van der Waals surface area contributed by atoms with Crippen LogP contribution in [-0.4, -0.2) is 35.0 Å². The number of benzene rings is 1. The van der Waals surface area contributed by atoms with Gasteiger partial charge in [-0.1, -0.05) is 24.3 Å². The van der Waals surface area contributed by atoms with Crippen molar-refractivity contribution in [3.05, 3.63) is 35.4 Å². The van der Waals surface area contributed by atoms with Gasteiger partial charge in [-0.05, 0) is 30.9 Å². The van der Waals surface area contributed by atoms with E-state index in [0.717, 1.165) is 17.5 Å². The first-order valence-electron chi connectivity index (χ1n) is 6.63. The lowest BCUT2D eigenvalue weighted by Gasteiger charge is -2.31. The molecule has 1 fully saturated rings. The van der Waals surface area contributed by atoms with Crippen molar-refractivity contribution in [2.75, 3.05) is 13.1 Å². The van der Waals surface area contributed by atoms with Crippen LogP contribution in [0.5, 0.6) is 0 Å². The number of carboxylic acid groups (broad SMARTS) is 1. The van der Waals surface area contributed by atoms with Gasteiger partial charge in [-0.3, -0.25) is 9.59 Å². The van der Waals surface area contributed by atoms with Crippen molar-refractivity contribution < 1.29 is 14.7 Å². The van der Waals surface area contributed by atoms with Gasteiger partial charge in [0.25, 0.3) is 0 Å². The highest BCUT2D eigenvalue weighted by atomic mass is 16.4. The number of rotatable bonds is 3. The lowest BCUT2D eigenvalue weighted by molar-refractivity contribution is -0.145. The molecule has 0 radical (unpaired) electrons. The van der Waals surface area contributed by atoms with E-state index in [2.05, 4.69) is 0 Å². The van der Waals surface area contributed by atoms with Crippen molar-refractivity contribution >= 4 is 11.9 Å². The number of amides is 1. The number of hydrogen-bond acceptors (Lipinski definition) is 2. The molecule has 19 heavy (non-hydrogen) atoms. The first-order valence-corrected chi connectivity index (χ1v) is 6.63. The van der Waals surface area contributed by atoms with Crippen LogP contribution in [0, 0.1) is 12.8 Å². The summed E-state index contributed by atoms with van der Waals surface area (Å²) in [5, 5.41) is 9.03. The van der Waals surface area contributed by atoms with E-state index in [1.165, 1.54) is 0 Å². The van der Waals surface area contributed by atoms with Gasteiger partial charge in [-0.15, -0.1) is 0 Å². The van der Waals surface area contributed by atoms with Crippen molar-refractivity contribution in [2.45, 2.75) is 26.2 Å². The molecular formula is C15H19NO3. The van der Waals surface area contributed by atoms with E-state index in [9.17, 15) is 9.59 Å². The van der Waals surface area contributed by atoms with E-state index in [1.54, 1.807) is 4.90 Å². The van der Waals surface area contributed by atoms with Gasteiger partial charge < -0.3 is 10.0 Å². The molecule has 0 aromatic heterocycles. The molecule has 102 valence electrons. The van der Waals surface area contributed by atoms with Gasteiger partial charge in [0.05, 0.1) is 12.3 Å². The van der Waals surface area contributed by atoms with E-state index >= 15 is 0 Å². The molecule has 0 unspecified atom stereocenters. The fourth-order valence-electron chi connectivity index (χ4n) is 2.49. The number of likely N-dealkylation sites (tertiary alicyclic amines) is 1. The van der Waals surface area contributed by atoms with Crippen LogP contribution >= 0.6 is 0 Å². The van der Waals surface area contributed by atoms with Gasteiger partial charge in [0.15, 0.2) is 0 Å². The van der Waals surface area contributed by atoms with Crippen LogP contribution in [0.3, 0.4) is 0 Å². The Kier molecular flexibility index (Phi) is 4.20. The van der Waals surface area contributed by atoms with Gasteiger partial charge >= 0.3 is 5.97 Å². The minimum Gasteiger partial charge on any atom is -0.481 e. The Morgan fingerprint density at radius 3 is 2.79 bits per heavy atom. The molecular weight excluding hydrogens is 242 g/mol. The van der Waals surface area contributed by atoms with Crippen LogP contribution in [0.25, 0.3) is 0 Å². The SMILES string of the molecule is Cc1ccccc1CC(=O)N1CCC[C@H](C(=O)O)C1. The number of piperidine rings is 1. The summed E-state index contributed by atoms with van der Waals surface area (Å²) in [6.45, 7) is 3.01. The molecule has 1 saturated heterocycles. The van der Waals surface area contributed by atoms with E-state index in [0.29, 0.717) is 25.9 Å². The minimum atomic E-state index is -0.798. The van der Waals surface area contributed by atoms with Crippen LogP contribution in [0.15, 0.2) is 24.3 Å². The van der Waals surface area contributed by atoms with Gasteiger partial charge in [0, 0.05) is 13.1 Å². The highest BCUT2D eigenvalue weighted by Gasteiger charge is 2.28. The van der Waals surface area contributed by atoms with Crippen molar-refractivity contribution in [1.82, 2.24) is 4.90 Å². The first kappa shape index (κ1) is 13.6. The molecule has 0 aliphatic carbocycles. The summed E-state index contributed by atoms with van der Waals surface area (Å²) in [5.74, 6) is -1.18. The summed E-state index contributed by atoms with van der Waals surface area (Å²) in [5.41, 5.74) is 2.12. The average molecular weight is 261 g/mol. The Bertz CT molecular complexity index is 484.